The molecule has 1 atom stereocenters. The molecule has 0 aliphatic heterocycles. The van der Waals surface area contributed by atoms with Gasteiger partial charge in [-0.2, -0.15) is 0 Å². The minimum Gasteiger partial charge on any atom is -0.467 e. The van der Waals surface area contributed by atoms with Crippen molar-refractivity contribution < 1.29 is 18.3 Å². The number of ether oxygens (including phenoxy) is 1. The van der Waals surface area contributed by atoms with Gasteiger partial charge >= 0.3 is 5.97 Å². The number of anilines is 1. The number of hydrogen-bond acceptors (Lipinski definition) is 3. The summed E-state index contributed by atoms with van der Waals surface area (Å²) in [5.74, 6) is -2.55. The highest BCUT2D eigenvalue weighted by Crippen LogP contribution is 2.23. The third-order valence-electron chi connectivity index (χ3n) is 3.04. The maximum Gasteiger partial charge on any atom is 0.332 e. The number of nitrogens with one attached hydrogen (secondary N) is 1. The van der Waals surface area contributed by atoms with E-state index < -0.39 is 23.6 Å². The van der Waals surface area contributed by atoms with Crippen molar-refractivity contribution in [3.63, 3.8) is 0 Å². The Kier molecular flexibility index (Phi) is 4.52. The topological polar surface area (TPSA) is 38.3 Å². The van der Waals surface area contributed by atoms with E-state index in [9.17, 15) is 13.6 Å². The largest absolute Gasteiger partial charge is 0.467 e. The van der Waals surface area contributed by atoms with Gasteiger partial charge in [-0.1, -0.05) is 18.2 Å². The first kappa shape index (κ1) is 15.0. The monoisotopic (exact) mass is 291 g/mol. The maximum absolute atomic E-state index is 13.4. The molecule has 0 aliphatic rings. The molecular formula is C16H15F2NO2. The van der Waals surface area contributed by atoms with E-state index in [4.69, 9.17) is 4.74 Å². The molecule has 0 saturated carbocycles. The molecule has 5 heteroatoms. The summed E-state index contributed by atoms with van der Waals surface area (Å²) in [6.07, 6.45) is 0. The number of benzene rings is 2. The lowest BCUT2D eigenvalue weighted by Crippen LogP contribution is -2.22. The van der Waals surface area contributed by atoms with Crippen LogP contribution in [0.25, 0.3) is 0 Å². The van der Waals surface area contributed by atoms with Crippen LogP contribution < -0.4 is 5.32 Å². The summed E-state index contributed by atoms with van der Waals surface area (Å²) >= 11 is 0. The van der Waals surface area contributed by atoms with Gasteiger partial charge in [-0.25, -0.2) is 13.6 Å². The average molecular weight is 291 g/mol. The SMILES string of the molecule is COC(=O)C(Nc1cccc(C)c1)c1ccc(F)c(F)c1. The molecule has 0 radical (unpaired) electrons. The van der Waals surface area contributed by atoms with Gasteiger partial charge in [0.2, 0.25) is 0 Å². The lowest BCUT2D eigenvalue weighted by Gasteiger charge is -2.18. The number of rotatable bonds is 4. The second-order valence-corrected chi connectivity index (χ2v) is 4.64. The summed E-state index contributed by atoms with van der Waals surface area (Å²) in [5, 5.41) is 2.97. The minimum absolute atomic E-state index is 0.294. The molecule has 2 rings (SSSR count). The van der Waals surface area contributed by atoms with Gasteiger partial charge in [0.05, 0.1) is 7.11 Å². The first-order chi connectivity index (χ1) is 10.0. The van der Waals surface area contributed by atoms with Crippen molar-refractivity contribution in [3.05, 3.63) is 65.2 Å². The second-order valence-electron chi connectivity index (χ2n) is 4.64. The van der Waals surface area contributed by atoms with Crippen molar-refractivity contribution >= 4 is 11.7 Å². The Bertz CT molecular complexity index is 658. The summed E-state index contributed by atoms with van der Waals surface area (Å²) in [6.45, 7) is 1.91. The van der Waals surface area contributed by atoms with Gasteiger partial charge in [0.1, 0.15) is 0 Å². The number of hydrogen-bond donors (Lipinski definition) is 1. The van der Waals surface area contributed by atoms with Crippen LogP contribution in [0.3, 0.4) is 0 Å². The summed E-state index contributed by atoms with van der Waals surface area (Å²) in [7, 11) is 1.24. The van der Waals surface area contributed by atoms with Crippen molar-refractivity contribution in [2.75, 3.05) is 12.4 Å². The molecule has 1 unspecified atom stereocenters. The average Bonchev–Trinajstić information content (AvgIpc) is 2.47. The van der Waals surface area contributed by atoms with Crippen LogP contribution in [0.15, 0.2) is 42.5 Å². The van der Waals surface area contributed by atoms with Crippen molar-refractivity contribution in [1.82, 2.24) is 0 Å². The lowest BCUT2D eigenvalue weighted by atomic mass is 10.1. The molecule has 0 fully saturated rings. The van der Waals surface area contributed by atoms with Gasteiger partial charge in [0, 0.05) is 5.69 Å². The third kappa shape index (κ3) is 3.56. The Hall–Kier alpha value is -2.43. The summed E-state index contributed by atoms with van der Waals surface area (Å²) < 4.78 is 31.1. The van der Waals surface area contributed by atoms with E-state index in [1.165, 1.54) is 13.2 Å². The molecular weight excluding hydrogens is 276 g/mol. The summed E-state index contributed by atoms with van der Waals surface area (Å²) in [4.78, 5) is 11.9. The molecule has 21 heavy (non-hydrogen) atoms. The van der Waals surface area contributed by atoms with Gasteiger partial charge in [0.25, 0.3) is 0 Å². The number of carbonyl (C=O) groups is 1. The fourth-order valence-electron chi connectivity index (χ4n) is 1.99. The van der Waals surface area contributed by atoms with Crippen LogP contribution in [0.2, 0.25) is 0 Å². The van der Waals surface area contributed by atoms with Crippen LogP contribution in [-0.2, 0) is 9.53 Å². The van der Waals surface area contributed by atoms with E-state index >= 15 is 0 Å². The van der Waals surface area contributed by atoms with Crippen molar-refractivity contribution in [2.45, 2.75) is 13.0 Å². The van der Waals surface area contributed by atoms with Crippen LogP contribution in [0.4, 0.5) is 14.5 Å². The van der Waals surface area contributed by atoms with Crippen molar-refractivity contribution in [3.8, 4) is 0 Å². The number of aryl methyl sites for hydroxylation is 1. The van der Waals surface area contributed by atoms with E-state index in [1.54, 1.807) is 6.07 Å². The molecule has 0 aromatic heterocycles. The normalized spacial score (nSPS) is 11.8. The molecule has 3 nitrogen and oxygen atoms in total. The van der Waals surface area contributed by atoms with Crippen LogP contribution in [0, 0.1) is 18.6 Å². The fourth-order valence-corrected chi connectivity index (χ4v) is 1.99. The Labute approximate surface area is 121 Å². The molecule has 0 spiro atoms. The summed E-state index contributed by atoms with van der Waals surface area (Å²) in [5.41, 5.74) is 1.99. The van der Waals surface area contributed by atoms with Gasteiger partial charge in [-0.15, -0.1) is 0 Å². The number of methoxy groups -OCH3 is 1. The Balaban J connectivity index is 2.34. The molecule has 0 bridgehead atoms. The van der Waals surface area contributed by atoms with Gasteiger partial charge in [-0.05, 0) is 42.3 Å². The van der Waals surface area contributed by atoms with E-state index in [1.807, 2.05) is 25.1 Å². The first-order valence-corrected chi connectivity index (χ1v) is 6.37. The van der Waals surface area contributed by atoms with Crippen LogP contribution in [0.5, 0.6) is 0 Å². The fraction of sp³-hybridized carbons (Fsp3) is 0.188. The zero-order valence-electron chi connectivity index (χ0n) is 11.7. The molecule has 2 aromatic carbocycles. The molecule has 0 aliphatic carbocycles. The van der Waals surface area contributed by atoms with Gasteiger partial charge in [0.15, 0.2) is 17.7 Å². The molecule has 0 saturated heterocycles. The Morgan fingerprint density at radius 2 is 1.90 bits per heavy atom. The number of esters is 1. The van der Waals surface area contributed by atoms with Crippen LogP contribution in [0.1, 0.15) is 17.2 Å². The lowest BCUT2D eigenvalue weighted by molar-refractivity contribution is -0.141. The Morgan fingerprint density at radius 3 is 2.52 bits per heavy atom. The minimum atomic E-state index is -1.01. The second kappa shape index (κ2) is 6.35. The quantitative estimate of drug-likeness (QED) is 0.875. The van der Waals surface area contributed by atoms with Crippen LogP contribution >= 0.6 is 0 Å². The van der Waals surface area contributed by atoms with E-state index in [2.05, 4.69) is 5.32 Å². The molecule has 1 N–H and O–H groups in total. The Morgan fingerprint density at radius 1 is 1.14 bits per heavy atom. The van der Waals surface area contributed by atoms with E-state index in [0.29, 0.717) is 11.3 Å². The number of halogens is 2. The van der Waals surface area contributed by atoms with Gasteiger partial charge < -0.3 is 10.1 Å². The standard InChI is InChI=1S/C16H15F2NO2/c1-10-4-3-5-12(8-10)19-15(16(20)21-2)11-6-7-13(17)14(18)9-11/h3-9,15,19H,1-2H3. The number of carbonyl (C=O) groups excluding carboxylic acids is 1. The smallest absolute Gasteiger partial charge is 0.332 e. The van der Waals surface area contributed by atoms with Crippen molar-refractivity contribution in [2.24, 2.45) is 0 Å². The first-order valence-electron chi connectivity index (χ1n) is 6.37. The zero-order valence-corrected chi connectivity index (χ0v) is 11.7. The predicted molar refractivity (Wildman–Crippen MR) is 75.9 cm³/mol. The van der Waals surface area contributed by atoms with Gasteiger partial charge in [-0.3, -0.25) is 0 Å². The highest BCUT2D eigenvalue weighted by atomic mass is 19.2. The molecule has 0 heterocycles. The highest BCUT2D eigenvalue weighted by Gasteiger charge is 2.22. The highest BCUT2D eigenvalue weighted by molar-refractivity contribution is 5.81. The zero-order chi connectivity index (χ0) is 15.4. The molecule has 2 aromatic rings. The third-order valence-corrected chi connectivity index (χ3v) is 3.04. The van der Waals surface area contributed by atoms with Crippen LogP contribution in [-0.4, -0.2) is 13.1 Å². The summed E-state index contributed by atoms with van der Waals surface area (Å²) in [6, 6.07) is 9.78. The predicted octanol–water partition coefficient (Wildman–Crippen LogP) is 3.60. The maximum atomic E-state index is 13.4. The van der Waals surface area contributed by atoms with E-state index in [-0.39, 0.29) is 0 Å². The molecule has 0 amide bonds. The van der Waals surface area contributed by atoms with E-state index in [0.717, 1.165) is 17.7 Å². The van der Waals surface area contributed by atoms with Crippen molar-refractivity contribution in [1.29, 1.82) is 0 Å². The molecule has 110 valence electrons.